The fourth-order valence-electron chi connectivity index (χ4n) is 2.16. The predicted molar refractivity (Wildman–Crippen MR) is 82.6 cm³/mol. The van der Waals surface area contributed by atoms with Crippen LogP contribution in [-0.2, 0) is 9.53 Å². The van der Waals surface area contributed by atoms with Crippen LogP contribution >= 0.6 is 0 Å². The summed E-state index contributed by atoms with van der Waals surface area (Å²) in [5.74, 6) is -0.974. The maximum absolute atomic E-state index is 12.8. The van der Waals surface area contributed by atoms with Crippen LogP contribution in [0.5, 0.6) is 0 Å². The van der Waals surface area contributed by atoms with Gasteiger partial charge in [0.05, 0.1) is 0 Å². The number of hydrogen-bond donors (Lipinski definition) is 0. The van der Waals surface area contributed by atoms with E-state index in [9.17, 15) is 18.0 Å². The molecule has 1 unspecified atom stereocenters. The first-order valence-electron chi connectivity index (χ1n) is 8.22. The summed E-state index contributed by atoms with van der Waals surface area (Å²) in [7, 11) is 0. The first kappa shape index (κ1) is 21.0. The molecule has 130 valence electrons. The zero-order valence-corrected chi connectivity index (χ0v) is 13.8. The standard InChI is InChI=1S/C17H29F3O2/c1-4-5-6-7-8-9-10-11-12-13-15(17(18,19)20)22-16(21)14(2)3/h15H,2,4-13H2,1,3H3. The number of carbonyl (C=O) groups is 1. The molecule has 0 radical (unpaired) electrons. The molecule has 0 aromatic rings. The molecular formula is C17H29F3O2. The molecule has 0 fully saturated rings. The van der Waals surface area contributed by atoms with Crippen LogP contribution < -0.4 is 0 Å². The van der Waals surface area contributed by atoms with Gasteiger partial charge in [0, 0.05) is 5.57 Å². The van der Waals surface area contributed by atoms with Crippen molar-refractivity contribution in [1.29, 1.82) is 0 Å². The maximum Gasteiger partial charge on any atom is 0.425 e. The quantitative estimate of drug-likeness (QED) is 0.252. The second-order valence-corrected chi connectivity index (χ2v) is 5.83. The monoisotopic (exact) mass is 322 g/mol. The Morgan fingerprint density at radius 2 is 1.45 bits per heavy atom. The Balaban J connectivity index is 3.86. The summed E-state index contributed by atoms with van der Waals surface area (Å²) in [5.41, 5.74) is -0.0127. The van der Waals surface area contributed by atoms with Gasteiger partial charge in [0.25, 0.3) is 0 Å². The average molecular weight is 322 g/mol. The van der Waals surface area contributed by atoms with Gasteiger partial charge < -0.3 is 4.74 Å². The minimum atomic E-state index is -4.51. The highest BCUT2D eigenvalue weighted by molar-refractivity contribution is 5.87. The van der Waals surface area contributed by atoms with Crippen molar-refractivity contribution >= 4 is 5.97 Å². The van der Waals surface area contributed by atoms with Gasteiger partial charge in [0.2, 0.25) is 0 Å². The van der Waals surface area contributed by atoms with Gasteiger partial charge in [-0.05, 0) is 19.8 Å². The average Bonchev–Trinajstić information content (AvgIpc) is 2.42. The van der Waals surface area contributed by atoms with Crippen LogP contribution in [-0.4, -0.2) is 18.2 Å². The second-order valence-electron chi connectivity index (χ2n) is 5.83. The molecule has 0 N–H and O–H groups in total. The molecule has 0 aliphatic carbocycles. The Bertz CT molecular complexity index is 324. The van der Waals surface area contributed by atoms with Crippen molar-refractivity contribution in [1.82, 2.24) is 0 Å². The van der Waals surface area contributed by atoms with Crippen LogP contribution in [0.2, 0.25) is 0 Å². The van der Waals surface area contributed by atoms with E-state index in [0.717, 1.165) is 25.7 Å². The lowest BCUT2D eigenvalue weighted by Gasteiger charge is -2.20. The molecule has 0 rings (SSSR count). The first-order chi connectivity index (χ1) is 10.3. The molecule has 0 bridgehead atoms. The summed E-state index contributed by atoms with van der Waals surface area (Å²) < 4.78 is 42.8. The highest BCUT2D eigenvalue weighted by atomic mass is 19.4. The van der Waals surface area contributed by atoms with Crippen LogP contribution in [0.15, 0.2) is 12.2 Å². The molecule has 0 saturated heterocycles. The van der Waals surface area contributed by atoms with Crippen molar-refractivity contribution in [3.05, 3.63) is 12.2 Å². The minimum Gasteiger partial charge on any atom is -0.449 e. The predicted octanol–water partition coefficient (Wildman–Crippen LogP) is 5.96. The fraction of sp³-hybridized carbons (Fsp3) is 0.824. The summed E-state index contributed by atoms with van der Waals surface area (Å²) in [6, 6.07) is 0. The minimum absolute atomic E-state index is 0.0127. The number of halogens is 3. The molecule has 0 aliphatic rings. The third-order valence-electron chi connectivity index (χ3n) is 3.53. The van der Waals surface area contributed by atoms with E-state index in [-0.39, 0.29) is 12.0 Å². The Hall–Kier alpha value is -1.00. The van der Waals surface area contributed by atoms with Gasteiger partial charge >= 0.3 is 12.1 Å². The van der Waals surface area contributed by atoms with Crippen molar-refractivity contribution < 1.29 is 22.7 Å². The van der Waals surface area contributed by atoms with Gasteiger partial charge in [0.1, 0.15) is 0 Å². The summed E-state index contributed by atoms with van der Waals surface area (Å²) >= 11 is 0. The van der Waals surface area contributed by atoms with Crippen molar-refractivity contribution in [3.63, 3.8) is 0 Å². The molecule has 0 aliphatic heterocycles. The number of ether oxygens (including phenoxy) is 1. The lowest BCUT2D eigenvalue weighted by molar-refractivity contribution is -0.220. The summed E-state index contributed by atoms with van der Waals surface area (Å²) in [6.45, 7) is 6.81. The Labute approximate surface area is 132 Å². The van der Waals surface area contributed by atoms with Gasteiger partial charge in [-0.15, -0.1) is 0 Å². The smallest absolute Gasteiger partial charge is 0.425 e. The maximum atomic E-state index is 12.8. The number of alkyl halides is 3. The molecule has 0 aromatic carbocycles. The van der Waals surface area contributed by atoms with E-state index in [4.69, 9.17) is 0 Å². The topological polar surface area (TPSA) is 26.3 Å². The zero-order valence-electron chi connectivity index (χ0n) is 13.8. The molecule has 22 heavy (non-hydrogen) atoms. The lowest BCUT2D eigenvalue weighted by atomic mass is 10.0. The zero-order chi connectivity index (χ0) is 17.0. The number of hydrogen-bond acceptors (Lipinski definition) is 2. The van der Waals surface area contributed by atoms with E-state index in [1.807, 2.05) is 0 Å². The largest absolute Gasteiger partial charge is 0.449 e. The van der Waals surface area contributed by atoms with Crippen molar-refractivity contribution in [3.8, 4) is 0 Å². The molecule has 0 saturated carbocycles. The number of carbonyl (C=O) groups excluding carboxylic acids is 1. The van der Waals surface area contributed by atoms with Gasteiger partial charge in [-0.2, -0.15) is 13.2 Å². The number of esters is 1. The Morgan fingerprint density at radius 1 is 1.00 bits per heavy atom. The van der Waals surface area contributed by atoms with Crippen LogP contribution in [0.4, 0.5) is 13.2 Å². The second kappa shape index (κ2) is 11.6. The van der Waals surface area contributed by atoms with Crippen LogP contribution in [0, 0.1) is 0 Å². The molecule has 0 aromatic heterocycles. The third-order valence-corrected chi connectivity index (χ3v) is 3.53. The van der Waals surface area contributed by atoms with Gasteiger partial charge in [-0.25, -0.2) is 4.79 Å². The van der Waals surface area contributed by atoms with Crippen molar-refractivity contribution in [2.75, 3.05) is 0 Å². The van der Waals surface area contributed by atoms with Crippen LogP contribution in [0.25, 0.3) is 0 Å². The third kappa shape index (κ3) is 10.7. The molecule has 1 atom stereocenters. The Kier molecular flexibility index (Phi) is 11.0. The normalized spacial score (nSPS) is 13.0. The fourth-order valence-corrected chi connectivity index (χ4v) is 2.16. The van der Waals surface area contributed by atoms with E-state index < -0.39 is 18.2 Å². The van der Waals surface area contributed by atoms with E-state index >= 15 is 0 Å². The van der Waals surface area contributed by atoms with Gasteiger partial charge in [-0.1, -0.05) is 64.9 Å². The van der Waals surface area contributed by atoms with Gasteiger partial charge in [-0.3, -0.25) is 0 Å². The molecule has 5 heteroatoms. The van der Waals surface area contributed by atoms with Crippen LogP contribution in [0.3, 0.4) is 0 Å². The molecule has 2 nitrogen and oxygen atoms in total. The molecule has 0 heterocycles. The highest BCUT2D eigenvalue weighted by Crippen LogP contribution is 2.28. The van der Waals surface area contributed by atoms with Gasteiger partial charge in [0.15, 0.2) is 6.10 Å². The highest BCUT2D eigenvalue weighted by Gasteiger charge is 2.42. The SMILES string of the molecule is C=C(C)C(=O)OC(CCCCCCCCCCC)C(F)(F)F. The number of unbranched alkanes of at least 4 members (excludes halogenated alkanes) is 8. The first-order valence-corrected chi connectivity index (χ1v) is 8.22. The van der Waals surface area contributed by atoms with Crippen molar-refractivity contribution in [2.24, 2.45) is 0 Å². The molecular weight excluding hydrogens is 293 g/mol. The summed E-state index contributed by atoms with van der Waals surface area (Å²) in [6.07, 6.45) is 2.52. The van der Waals surface area contributed by atoms with Crippen molar-refractivity contribution in [2.45, 2.75) is 90.3 Å². The van der Waals surface area contributed by atoms with E-state index in [2.05, 4.69) is 18.2 Å². The lowest BCUT2D eigenvalue weighted by Crippen LogP contribution is -2.34. The van der Waals surface area contributed by atoms with Crippen LogP contribution in [0.1, 0.15) is 78.1 Å². The molecule has 0 amide bonds. The summed E-state index contributed by atoms with van der Waals surface area (Å²) in [4.78, 5) is 11.2. The summed E-state index contributed by atoms with van der Waals surface area (Å²) in [5, 5.41) is 0. The Morgan fingerprint density at radius 3 is 1.86 bits per heavy atom. The molecule has 0 spiro atoms. The van der Waals surface area contributed by atoms with E-state index in [1.54, 1.807) is 0 Å². The van der Waals surface area contributed by atoms with E-state index in [1.165, 1.54) is 32.6 Å². The van der Waals surface area contributed by atoms with E-state index in [0.29, 0.717) is 6.42 Å². The number of rotatable bonds is 12.